The fourth-order valence-corrected chi connectivity index (χ4v) is 4.52. The Morgan fingerprint density at radius 1 is 1.10 bits per heavy atom. The van der Waals surface area contributed by atoms with E-state index in [1.165, 1.54) is 19.3 Å². The number of halogens is 1. The van der Waals surface area contributed by atoms with Crippen molar-refractivity contribution in [2.24, 2.45) is 10.4 Å². The molecule has 2 aliphatic rings. The van der Waals surface area contributed by atoms with Crippen molar-refractivity contribution in [2.75, 3.05) is 34.5 Å². The highest BCUT2D eigenvalue weighted by Gasteiger charge is 2.59. The van der Waals surface area contributed by atoms with Crippen LogP contribution in [-0.2, 0) is 11.3 Å². The average molecular weight is 533 g/mol. The molecule has 0 amide bonds. The fourth-order valence-electron chi connectivity index (χ4n) is 4.52. The molecule has 7 nitrogen and oxygen atoms in total. The van der Waals surface area contributed by atoms with Crippen molar-refractivity contribution >= 4 is 29.9 Å². The van der Waals surface area contributed by atoms with Crippen molar-refractivity contribution in [3.05, 3.63) is 17.7 Å². The summed E-state index contributed by atoms with van der Waals surface area (Å²) in [7, 11) is 4.86. The standard InChI is InChI=1S/C22H35N3O4.HI/c1-6-23-21(25-18-13-19(29-7-2)22(18)9-8-10-22)24-14-15-11-16(26-3)20(28-5)17(12-15)27-4;/h11-12,18-19H,6-10,13-14H2,1-5H3,(H2,23,24,25);1H. The van der Waals surface area contributed by atoms with Crippen LogP contribution in [0.25, 0.3) is 0 Å². The second kappa shape index (κ2) is 11.3. The highest BCUT2D eigenvalue weighted by Crippen LogP contribution is 2.57. The van der Waals surface area contributed by atoms with Crippen LogP contribution in [-0.4, -0.2) is 52.6 Å². The summed E-state index contributed by atoms with van der Waals surface area (Å²) < 4.78 is 22.3. The van der Waals surface area contributed by atoms with Crippen molar-refractivity contribution < 1.29 is 18.9 Å². The van der Waals surface area contributed by atoms with E-state index in [-0.39, 0.29) is 24.0 Å². The zero-order valence-electron chi connectivity index (χ0n) is 18.7. The van der Waals surface area contributed by atoms with Gasteiger partial charge in [0.15, 0.2) is 17.5 Å². The van der Waals surface area contributed by atoms with Gasteiger partial charge in [-0.25, -0.2) is 4.99 Å². The summed E-state index contributed by atoms with van der Waals surface area (Å²) in [4.78, 5) is 4.81. The Labute approximate surface area is 197 Å². The van der Waals surface area contributed by atoms with Crippen molar-refractivity contribution in [1.82, 2.24) is 10.6 Å². The molecule has 170 valence electrons. The lowest BCUT2D eigenvalue weighted by molar-refractivity contribution is -0.168. The average Bonchev–Trinajstić information content (AvgIpc) is 2.68. The number of nitrogens with zero attached hydrogens (tertiary/aromatic N) is 1. The van der Waals surface area contributed by atoms with E-state index in [2.05, 4.69) is 24.5 Å². The minimum Gasteiger partial charge on any atom is -0.493 e. The van der Waals surface area contributed by atoms with Crippen LogP contribution in [0.3, 0.4) is 0 Å². The first kappa shape index (κ1) is 24.8. The van der Waals surface area contributed by atoms with Gasteiger partial charge in [-0.1, -0.05) is 6.42 Å². The molecule has 1 aromatic rings. The molecule has 2 aliphatic carbocycles. The van der Waals surface area contributed by atoms with Crippen molar-refractivity contribution in [3.63, 3.8) is 0 Å². The van der Waals surface area contributed by atoms with E-state index in [9.17, 15) is 0 Å². The molecule has 3 rings (SSSR count). The highest BCUT2D eigenvalue weighted by atomic mass is 127. The molecule has 2 saturated carbocycles. The molecule has 1 aromatic carbocycles. The molecule has 0 heterocycles. The van der Waals surface area contributed by atoms with Gasteiger partial charge in [-0.2, -0.15) is 0 Å². The van der Waals surface area contributed by atoms with Gasteiger partial charge in [-0.3, -0.25) is 0 Å². The van der Waals surface area contributed by atoms with Crippen LogP contribution in [0, 0.1) is 5.41 Å². The Balaban J connectivity index is 0.00000320. The second-order valence-electron chi connectivity index (χ2n) is 7.69. The highest BCUT2D eigenvalue weighted by molar-refractivity contribution is 14.0. The number of methoxy groups -OCH3 is 3. The predicted octanol–water partition coefficient (Wildman–Crippen LogP) is 3.73. The molecule has 0 aromatic heterocycles. The summed E-state index contributed by atoms with van der Waals surface area (Å²) in [6, 6.07) is 4.30. The molecule has 0 saturated heterocycles. The maximum atomic E-state index is 5.97. The van der Waals surface area contributed by atoms with Crippen molar-refractivity contribution in [1.29, 1.82) is 0 Å². The van der Waals surface area contributed by atoms with Gasteiger partial charge in [0.05, 0.1) is 34.0 Å². The molecule has 30 heavy (non-hydrogen) atoms. The lowest BCUT2D eigenvalue weighted by Crippen LogP contribution is -2.68. The fraction of sp³-hybridized carbons (Fsp3) is 0.682. The molecule has 2 N–H and O–H groups in total. The number of hydrogen-bond donors (Lipinski definition) is 2. The molecule has 8 heteroatoms. The van der Waals surface area contributed by atoms with Crippen LogP contribution in [0.15, 0.2) is 17.1 Å². The summed E-state index contributed by atoms with van der Waals surface area (Å²) in [6.07, 6.45) is 5.20. The molecule has 0 bridgehead atoms. The smallest absolute Gasteiger partial charge is 0.203 e. The number of ether oxygens (including phenoxy) is 4. The number of benzene rings is 1. The first-order chi connectivity index (χ1) is 14.1. The van der Waals surface area contributed by atoms with E-state index in [1.807, 2.05) is 12.1 Å². The first-order valence-electron chi connectivity index (χ1n) is 10.6. The Hall–Kier alpha value is -1.42. The van der Waals surface area contributed by atoms with E-state index in [0.717, 1.165) is 31.1 Å². The number of guanidine groups is 1. The second-order valence-corrected chi connectivity index (χ2v) is 7.69. The molecule has 2 unspecified atom stereocenters. The van der Waals surface area contributed by atoms with Gasteiger partial charge in [0.2, 0.25) is 5.75 Å². The van der Waals surface area contributed by atoms with Gasteiger partial charge < -0.3 is 29.6 Å². The summed E-state index contributed by atoms with van der Waals surface area (Å²) in [5.41, 5.74) is 1.29. The van der Waals surface area contributed by atoms with Gasteiger partial charge in [0, 0.05) is 24.6 Å². The molecular formula is C22H36IN3O4. The van der Waals surface area contributed by atoms with Gasteiger partial charge in [0.25, 0.3) is 0 Å². The number of rotatable bonds is 9. The monoisotopic (exact) mass is 533 g/mol. The van der Waals surface area contributed by atoms with Crippen LogP contribution in [0.1, 0.15) is 45.1 Å². The topological polar surface area (TPSA) is 73.3 Å². The van der Waals surface area contributed by atoms with Gasteiger partial charge in [-0.15, -0.1) is 24.0 Å². The predicted molar refractivity (Wildman–Crippen MR) is 130 cm³/mol. The maximum absolute atomic E-state index is 5.97. The van der Waals surface area contributed by atoms with Gasteiger partial charge in [-0.05, 0) is 50.8 Å². The summed E-state index contributed by atoms with van der Waals surface area (Å²) in [5, 5.41) is 7.03. The normalized spacial score (nSPS) is 21.7. The minimum absolute atomic E-state index is 0. The number of hydrogen-bond acceptors (Lipinski definition) is 5. The van der Waals surface area contributed by atoms with Gasteiger partial charge >= 0.3 is 0 Å². The summed E-state index contributed by atoms with van der Waals surface area (Å²) >= 11 is 0. The van der Waals surface area contributed by atoms with Crippen LogP contribution in [0.4, 0.5) is 0 Å². The van der Waals surface area contributed by atoms with Crippen LogP contribution in [0.5, 0.6) is 17.2 Å². The van der Waals surface area contributed by atoms with Crippen molar-refractivity contribution in [2.45, 2.75) is 58.2 Å². The number of nitrogens with one attached hydrogen (secondary N) is 2. The Bertz CT molecular complexity index is 699. The Kier molecular flexibility index (Phi) is 9.33. The molecule has 2 atom stereocenters. The van der Waals surface area contributed by atoms with E-state index in [0.29, 0.717) is 41.4 Å². The van der Waals surface area contributed by atoms with Crippen molar-refractivity contribution in [3.8, 4) is 17.2 Å². The summed E-state index contributed by atoms with van der Waals surface area (Å²) in [6.45, 7) is 6.28. The van der Waals surface area contributed by atoms with E-state index in [4.69, 9.17) is 23.9 Å². The molecule has 1 spiro atoms. The quantitative estimate of drug-likeness (QED) is 0.287. The zero-order valence-corrected chi connectivity index (χ0v) is 21.1. The number of aliphatic imine (C=N–C) groups is 1. The van der Waals surface area contributed by atoms with E-state index in [1.54, 1.807) is 21.3 Å². The zero-order chi connectivity index (χ0) is 20.9. The Morgan fingerprint density at radius 3 is 2.23 bits per heavy atom. The molecule has 0 radical (unpaired) electrons. The maximum Gasteiger partial charge on any atom is 0.203 e. The third kappa shape index (κ3) is 4.90. The molecule has 2 fully saturated rings. The van der Waals surface area contributed by atoms with Crippen LogP contribution in [0.2, 0.25) is 0 Å². The lowest BCUT2D eigenvalue weighted by atomic mass is 9.51. The molecule has 0 aliphatic heterocycles. The van der Waals surface area contributed by atoms with E-state index >= 15 is 0 Å². The minimum atomic E-state index is 0. The summed E-state index contributed by atoms with van der Waals surface area (Å²) in [5.74, 6) is 2.72. The molecular weight excluding hydrogens is 497 g/mol. The largest absolute Gasteiger partial charge is 0.493 e. The third-order valence-electron chi connectivity index (χ3n) is 6.24. The third-order valence-corrected chi connectivity index (χ3v) is 6.24. The lowest BCUT2D eigenvalue weighted by Gasteiger charge is -2.61. The SMILES string of the molecule is CCNC(=NCc1cc(OC)c(OC)c(OC)c1)NC1CC(OCC)C12CCC2.I. The first-order valence-corrected chi connectivity index (χ1v) is 10.6. The van der Waals surface area contributed by atoms with E-state index < -0.39 is 0 Å². The Morgan fingerprint density at radius 2 is 1.77 bits per heavy atom. The van der Waals surface area contributed by atoms with Crippen LogP contribution < -0.4 is 24.8 Å². The van der Waals surface area contributed by atoms with Crippen LogP contribution >= 0.6 is 24.0 Å². The van der Waals surface area contributed by atoms with Gasteiger partial charge in [0.1, 0.15) is 0 Å².